The lowest BCUT2D eigenvalue weighted by molar-refractivity contribution is 0.474. The van der Waals surface area contributed by atoms with E-state index < -0.39 is 0 Å². The molecule has 0 spiro atoms. The number of pyridine rings is 1. The molecule has 2 aromatic heterocycles. The zero-order chi connectivity index (χ0) is 19.3. The van der Waals surface area contributed by atoms with Gasteiger partial charge >= 0.3 is 5.19 Å². The number of hydrogen-bond donors (Lipinski definition) is 1. The fraction of sp³-hybridized carbons (Fsp3) is 0.300. The van der Waals surface area contributed by atoms with Gasteiger partial charge in [-0.05, 0) is 67.0 Å². The molecule has 0 amide bonds. The van der Waals surface area contributed by atoms with Crippen LogP contribution >= 0.6 is 11.3 Å². The Morgan fingerprint density at radius 2 is 2.04 bits per heavy atom. The van der Waals surface area contributed by atoms with Crippen molar-refractivity contribution in [3.05, 3.63) is 47.7 Å². The third-order valence-electron chi connectivity index (χ3n) is 4.61. The van der Waals surface area contributed by atoms with Gasteiger partial charge < -0.3 is 15.4 Å². The number of aromatic nitrogens is 3. The minimum atomic E-state index is 0.456. The highest BCUT2D eigenvalue weighted by Crippen LogP contribution is 2.36. The van der Waals surface area contributed by atoms with Crippen LogP contribution in [-0.2, 0) is 6.42 Å². The first-order valence-corrected chi connectivity index (χ1v) is 10.0. The van der Waals surface area contributed by atoms with Gasteiger partial charge in [-0.1, -0.05) is 11.2 Å². The lowest BCUT2D eigenvalue weighted by atomic mass is 10.1. The largest absolute Gasteiger partial charge is 0.429 e. The first-order chi connectivity index (χ1) is 13.8. The summed E-state index contributed by atoms with van der Waals surface area (Å²) in [7, 11) is 0. The van der Waals surface area contributed by atoms with Crippen LogP contribution in [0.25, 0.3) is 11.3 Å². The zero-order valence-corrected chi connectivity index (χ0v) is 16.2. The molecule has 2 N–H and O–H groups in total. The summed E-state index contributed by atoms with van der Waals surface area (Å²) in [6, 6.07) is 11.4. The van der Waals surface area contributed by atoms with Crippen LogP contribution in [0.2, 0.25) is 0 Å². The third-order valence-corrected chi connectivity index (χ3v) is 5.48. The second-order valence-electron chi connectivity index (χ2n) is 6.56. The second kappa shape index (κ2) is 8.33. The molecule has 3 heterocycles. The van der Waals surface area contributed by atoms with Crippen LogP contribution in [0.3, 0.4) is 0 Å². The van der Waals surface area contributed by atoms with Gasteiger partial charge in [-0.15, -0.1) is 5.10 Å². The van der Waals surface area contributed by atoms with Crippen molar-refractivity contribution < 1.29 is 4.74 Å². The normalized spacial score (nSPS) is 13.5. The predicted molar refractivity (Wildman–Crippen MR) is 109 cm³/mol. The number of nitriles is 1. The molecular weight excluding hydrogens is 372 g/mol. The fourth-order valence-corrected chi connectivity index (χ4v) is 3.92. The summed E-state index contributed by atoms with van der Waals surface area (Å²) in [4.78, 5) is 6.75. The number of nitrogens with two attached hydrogens (primary N) is 1. The average Bonchev–Trinajstić information content (AvgIpc) is 3.41. The summed E-state index contributed by atoms with van der Waals surface area (Å²) < 4.78 is 6.03. The number of hydrogen-bond acceptors (Lipinski definition) is 8. The lowest BCUT2D eigenvalue weighted by Gasteiger charge is -2.11. The van der Waals surface area contributed by atoms with E-state index >= 15 is 0 Å². The van der Waals surface area contributed by atoms with Crippen molar-refractivity contribution in [3.63, 3.8) is 0 Å². The standard InChI is InChI=1S/C20H20N6OS/c21-8-7-14-4-6-17(23-13-14)16-5-3-15(12-22)11-18(16)27-20-25-24-19(28-20)26-9-1-2-10-26/h3-6,11,13H,1-2,7-10,21H2. The summed E-state index contributed by atoms with van der Waals surface area (Å²) >= 11 is 1.42. The molecule has 0 atom stereocenters. The summed E-state index contributed by atoms with van der Waals surface area (Å²) in [5.41, 5.74) is 8.78. The molecule has 8 heteroatoms. The first-order valence-electron chi connectivity index (χ1n) is 9.22. The summed E-state index contributed by atoms with van der Waals surface area (Å²) in [5, 5.41) is 19.0. The molecule has 0 unspecified atom stereocenters. The molecule has 1 aromatic carbocycles. The highest BCUT2D eigenvalue weighted by molar-refractivity contribution is 7.17. The monoisotopic (exact) mass is 392 g/mol. The molecule has 0 saturated carbocycles. The molecule has 3 aromatic rings. The van der Waals surface area contributed by atoms with Crippen LogP contribution in [0.1, 0.15) is 24.0 Å². The minimum absolute atomic E-state index is 0.456. The molecule has 4 rings (SSSR count). The Kier molecular flexibility index (Phi) is 5.46. The van der Waals surface area contributed by atoms with Crippen molar-refractivity contribution in [2.75, 3.05) is 24.5 Å². The van der Waals surface area contributed by atoms with Crippen LogP contribution in [0.15, 0.2) is 36.5 Å². The zero-order valence-electron chi connectivity index (χ0n) is 15.3. The SMILES string of the molecule is N#Cc1ccc(-c2ccc(CCN)cn2)c(Oc2nnc(N3CCCC3)s2)c1. The molecule has 0 bridgehead atoms. The molecule has 1 aliphatic rings. The van der Waals surface area contributed by atoms with E-state index in [1.54, 1.807) is 12.1 Å². The van der Waals surface area contributed by atoms with Crippen molar-refractivity contribution in [2.45, 2.75) is 19.3 Å². The topological polar surface area (TPSA) is 101 Å². The predicted octanol–water partition coefficient (Wildman–Crippen LogP) is 3.37. The maximum Gasteiger partial charge on any atom is 0.301 e. The van der Waals surface area contributed by atoms with E-state index in [1.165, 1.54) is 24.2 Å². The van der Waals surface area contributed by atoms with Crippen molar-refractivity contribution in [2.24, 2.45) is 5.73 Å². The van der Waals surface area contributed by atoms with Crippen LogP contribution in [0, 0.1) is 11.3 Å². The molecule has 0 aliphatic carbocycles. The maximum absolute atomic E-state index is 9.27. The molecule has 7 nitrogen and oxygen atoms in total. The van der Waals surface area contributed by atoms with Gasteiger partial charge in [-0.3, -0.25) is 4.98 Å². The van der Waals surface area contributed by atoms with Gasteiger partial charge in [0.05, 0.1) is 17.3 Å². The van der Waals surface area contributed by atoms with E-state index in [0.717, 1.165) is 41.5 Å². The molecule has 28 heavy (non-hydrogen) atoms. The average molecular weight is 392 g/mol. The molecular formula is C20H20N6OS. The molecule has 1 aliphatic heterocycles. The van der Waals surface area contributed by atoms with E-state index in [2.05, 4.69) is 26.2 Å². The van der Waals surface area contributed by atoms with Crippen LogP contribution in [-0.4, -0.2) is 34.8 Å². The van der Waals surface area contributed by atoms with Gasteiger partial charge in [-0.25, -0.2) is 0 Å². The molecule has 142 valence electrons. The van der Waals surface area contributed by atoms with Crippen LogP contribution in [0.4, 0.5) is 5.13 Å². The summed E-state index contributed by atoms with van der Waals surface area (Å²) in [5.74, 6) is 0.544. The molecule has 0 radical (unpaired) electrons. The van der Waals surface area contributed by atoms with Crippen molar-refractivity contribution in [1.82, 2.24) is 15.2 Å². The Morgan fingerprint density at radius 3 is 2.75 bits per heavy atom. The van der Waals surface area contributed by atoms with Crippen molar-refractivity contribution in [3.8, 4) is 28.3 Å². The third kappa shape index (κ3) is 3.96. The van der Waals surface area contributed by atoms with Gasteiger partial charge in [0.15, 0.2) is 0 Å². The van der Waals surface area contributed by atoms with E-state index in [4.69, 9.17) is 10.5 Å². The Morgan fingerprint density at radius 1 is 1.18 bits per heavy atom. The summed E-state index contributed by atoms with van der Waals surface area (Å²) in [6.07, 6.45) is 4.96. The highest BCUT2D eigenvalue weighted by atomic mass is 32.1. The number of rotatable bonds is 6. The smallest absolute Gasteiger partial charge is 0.301 e. The van der Waals surface area contributed by atoms with E-state index in [9.17, 15) is 5.26 Å². The number of anilines is 1. The van der Waals surface area contributed by atoms with Gasteiger partial charge in [0.1, 0.15) is 5.75 Å². The Bertz CT molecular complexity index is 989. The van der Waals surface area contributed by atoms with E-state index in [-0.39, 0.29) is 0 Å². The number of nitrogens with zero attached hydrogens (tertiary/aromatic N) is 5. The van der Waals surface area contributed by atoms with Crippen LogP contribution < -0.4 is 15.4 Å². The van der Waals surface area contributed by atoms with Gasteiger partial charge in [0.2, 0.25) is 5.13 Å². The number of benzene rings is 1. The minimum Gasteiger partial charge on any atom is -0.429 e. The van der Waals surface area contributed by atoms with Gasteiger partial charge in [-0.2, -0.15) is 5.26 Å². The van der Waals surface area contributed by atoms with Crippen molar-refractivity contribution in [1.29, 1.82) is 5.26 Å². The fourth-order valence-electron chi connectivity index (χ4n) is 3.16. The quantitative estimate of drug-likeness (QED) is 0.686. The molecule has 1 fully saturated rings. The first kappa shape index (κ1) is 18.3. The van der Waals surface area contributed by atoms with Crippen LogP contribution in [0.5, 0.6) is 10.9 Å². The Labute approximate surface area is 167 Å². The van der Waals surface area contributed by atoms with E-state index in [1.807, 2.05) is 24.4 Å². The van der Waals surface area contributed by atoms with E-state index in [0.29, 0.717) is 23.1 Å². The lowest BCUT2D eigenvalue weighted by Crippen LogP contribution is -2.17. The van der Waals surface area contributed by atoms with Crippen molar-refractivity contribution >= 4 is 16.5 Å². The summed E-state index contributed by atoms with van der Waals surface area (Å²) in [6.45, 7) is 2.59. The van der Waals surface area contributed by atoms with Gasteiger partial charge in [0, 0.05) is 24.8 Å². The number of ether oxygens (including phenoxy) is 1. The molecule has 1 saturated heterocycles. The maximum atomic E-state index is 9.27. The van der Waals surface area contributed by atoms with Gasteiger partial charge in [0.25, 0.3) is 0 Å². The Balaban J connectivity index is 1.63. The highest BCUT2D eigenvalue weighted by Gasteiger charge is 2.18. The second-order valence-corrected chi connectivity index (χ2v) is 7.48. The Hall–Kier alpha value is -3.02.